The molecule has 0 fully saturated rings. The standard InChI is InChI=1S/C12H11ClFN3O2S/c1-7-5-11(9(13)6-10(7)14)20(18,19)17-12-15-4-3-8(2)16-12/h3-6H,1-2H3,(H,15,16,17). The first-order valence-electron chi connectivity index (χ1n) is 5.58. The first-order chi connectivity index (χ1) is 9.29. The summed E-state index contributed by atoms with van der Waals surface area (Å²) >= 11 is 5.78. The van der Waals surface area contributed by atoms with Crippen LogP contribution in [-0.2, 0) is 10.0 Å². The third-order valence-electron chi connectivity index (χ3n) is 2.52. The lowest BCUT2D eigenvalue weighted by Gasteiger charge is -2.09. The number of aromatic nitrogens is 2. The highest BCUT2D eigenvalue weighted by Crippen LogP contribution is 2.25. The van der Waals surface area contributed by atoms with Gasteiger partial charge >= 0.3 is 0 Å². The van der Waals surface area contributed by atoms with E-state index in [0.29, 0.717) is 5.69 Å². The second-order valence-corrected chi connectivity index (χ2v) is 6.22. The molecular weight excluding hydrogens is 305 g/mol. The molecule has 1 N–H and O–H groups in total. The molecule has 0 amide bonds. The molecular formula is C12H11ClFN3O2S. The average Bonchev–Trinajstić information content (AvgIpc) is 2.33. The van der Waals surface area contributed by atoms with E-state index >= 15 is 0 Å². The van der Waals surface area contributed by atoms with Gasteiger partial charge in [0.15, 0.2) is 0 Å². The minimum Gasteiger partial charge on any atom is -0.247 e. The Balaban J connectivity index is 2.43. The topological polar surface area (TPSA) is 72.0 Å². The van der Waals surface area contributed by atoms with Crippen molar-refractivity contribution in [3.05, 3.63) is 46.5 Å². The number of aryl methyl sites for hydroxylation is 2. The Hall–Kier alpha value is -1.73. The van der Waals surface area contributed by atoms with Gasteiger partial charge < -0.3 is 0 Å². The molecule has 106 valence electrons. The van der Waals surface area contributed by atoms with E-state index in [0.717, 1.165) is 12.1 Å². The van der Waals surface area contributed by atoms with Crippen LogP contribution in [0.15, 0.2) is 29.3 Å². The number of benzene rings is 1. The van der Waals surface area contributed by atoms with E-state index in [-0.39, 0.29) is 21.4 Å². The molecule has 0 aliphatic heterocycles. The zero-order valence-corrected chi connectivity index (χ0v) is 12.3. The highest BCUT2D eigenvalue weighted by atomic mass is 35.5. The summed E-state index contributed by atoms with van der Waals surface area (Å²) in [5, 5.41) is -0.201. The zero-order chi connectivity index (χ0) is 14.9. The van der Waals surface area contributed by atoms with Crippen LogP contribution in [0.3, 0.4) is 0 Å². The van der Waals surface area contributed by atoms with Crippen LogP contribution in [0.2, 0.25) is 5.02 Å². The smallest absolute Gasteiger partial charge is 0.247 e. The normalized spacial score (nSPS) is 11.4. The number of nitrogens with zero attached hydrogens (tertiary/aromatic N) is 2. The van der Waals surface area contributed by atoms with E-state index in [1.54, 1.807) is 13.0 Å². The van der Waals surface area contributed by atoms with E-state index in [4.69, 9.17) is 11.6 Å². The van der Waals surface area contributed by atoms with Gasteiger partial charge in [0.25, 0.3) is 10.0 Å². The van der Waals surface area contributed by atoms with Crippen LogP contribution in [0.1, 0.15) is 11.3 Å². The quantitative estimate of drug-likeness (QED) is 0.945. The van der Waals surface area contributed by atoms with Crippen LogP contribution >= 0.6 is 11.6 Å². The number of rotatable bonds is 3. The molecule has 0 saturated heterocycles. The van der Waals surface area contributed by atoms with Gasteiger partial charge in [0.05, 0.1) is 5.02 Å². The van der Waals surface area contributed by atoms with E-state index < -0.39 is 15.8 Å². The van der Waals surface area contributed by atoms with E-state index in [2.05, 4.69) is 14.7 Å². The van der Waals surface area contributed by atoms with Crippen LogP contribution in [0, 0.1) is 19.7 Å². The van der Waals surface area contributed by atoms with Crippen molar-refractivity contribution in [2.45, 2.75) is 18.7 Å². The summed E-state index contributed by atoms with van der Waals surface area (Å²) in [6.45, 7) is 3.16. The highest BCUT2D eigenvalue weighted by molar-refractivity contribution is 7.92. The molecule has 0 aliphatic rings. The number of halogens is 2. The van der Waals surface area contributed by atoms with Gasteiger partial charge in [-0.3, -0.25) is 0 Å². The summed E-state index contributed by atoms with van der Waals surface area (Å²) in [4.78, 5) is 7.52. The largest absolute Gasteiger partial charge is 0.265 e. The molecule has 2 aromatic rings. The maximum absolute atomic E-state index is 13.3. The van der Waals surface area contributed by atoms with E-state index in [1.807, 2.05) is 0 Å². The first-order valence-corrected chi connectivity index (χ1v) is 7.44. The third-order valence-corrected chi connectivity index (χ3v) is 4.32. The fraction of sp³-hybridized carbons (Fsp3) is 0.167. The first kappa shape index (κ1) is 14.7. The van der Waals surface area contributed by atoms with Crippen molar-refractivity contribution in [3.8, 4) is 0 Å². The van der Waals surface area contributed by atoms with Crippen molar-refractivity contribution in [1.82, 2.24) is 9.97 Å². The van der Waals surface area contributed by atoms with Gasteiger partial charge in [0.2, 0.25) is 5.95 Å². The number of nitrogens with one attached hydrogen (secondary N) is 1. The maximum atomic E-state index is 13.3. The minimum atomic E-state index is -3.97. The van der Waals surface area contributed by atoms with Crippen LogP contribution in [0.4, 0.5) is 10.3 Å². The van der Waals surface area contributed by atoms with E-state index in [9.17, 15) is 12.8 Å². The second-order valence-electron chi connectivity index (χ2n) is 4.16. The molecule has 0 saturated carbocycles. The minimum absolute atomic E-state index is 0.0666. The summed E-state index contributed by atoms with van der Waals surface area (Å²) in [6.07, 6.45) is 1.43. The zero-order valence-electron chi connectivity index (χ0n) is 10.7. The van der Waals surface area contributed by atoms with Gasteiger partial charge in [-0.05, 0) is 37.6 Å². The lowest BCUT2D eigenvalue weighted by atomic mass is 10.2. The number of hydrogen-bond acceptors (Lipinski definition) is 4. The number of sulfonamides is 1. The van der Waals surface area contributed by atoms with Crippen molar-refractivity contribution in [1.29, 1.82) is 0 Å². The average molecular weight is 316 g/mol. The molecule has 0 bridgehead atoms. The van der Waals surface area contributed by atoms with Gasteiger partial charge in [-0.1, -0.05) is 11.6 Å². The van der Waals surface area contributed by atoms with Crippen LogP contribution in [0.5, 0.6) is 0 Å². The van der Waals surface area contributed by atoms with Crippen LogP contribution < -0.4 is 4.72 Å². The molecule has 1 aromatic heterocycles. The molecule has 20 heavy (non-hydrogen) atoms. The predicted octanol–water partition coefficient (Wildman–Crippen LogP) is 2.69. The van der Waals surface area contributed by atoms with Gasteiger partial charge in [-0.25, -0.2) is 27.5 Å². The molecule has 2 rings (SSSR count). The second kappa shape index (κ2) is 5.34. The third kappa shape index (κ3) is 3.05. The van der Waals surface area contributed by atoms with Crippen LogP contribution in [-0.4, -0.2) is 18.4 Å². The Bertz CT molecular complexity index is 765. The van der Waals surface area contributed by atoms with Gasteiger partial charge in [0.1, 0.15) is 10.7 Å². The fourth-order valence-electron chi connectivity index (χ4n) is 1.51. The molecule has 5 nitrogen and oxygen atoms in total. The predicted molar refractivity (Wildman–Crippen MR) is 73.7 cm³/mol. The summed E-state index contributed by atoms with van der Waals surface area (Å²) < 4.78 is 39.9. The Morgan fingerprint density at radius 3 is 2.65 bits per heavy atom. The number of anilines is 1. The molecule has 1 heterocycles. The molecule has 0 aliphatic carbocycles. The molecule has 0 spiro atoms. The maximum Gasteiger partial charge on any atom is 0.265 e. The Labute approximate surface area is 120 Å². The number of hydrogen-bond donors (Lipinski definition) is 1. The monoisotopic (exact) mass is 315 g/mol. The molecule has 0 radical (unpaired) electrons. The lowest BCUT2D eigenvalue weighted by Crippen LogP contribution is -2.16. The highest BCUT2D eigenvalue weighted by Gasteiger charge is 2.21. The Morgan fingerprint density at radius 2 is 2.00 bits per heavy atom. The summed E-state index contributed by atoms with van der Waals surface area (Å²) in [5.41, 5.74) is 0.791. The summed E-state index contributed by atoms with van der Waals surface area (Å²) in [6, 6.07) is 3.76. The van der Waals surface area contributed by atoms with Crippen molar-refractivity contribution >= 4 is 27.6 Å². The lowest BCUT2D eigenvalue weighted by molar-refractivity contribution is 0.598. The molecule has 1 aromatic carbocycles. The Morgan fingerprint density at radius 1 is 1.30 bits per heavy atom. The van der Waals surface area contributed by atoms with Crippen LogP contribution in [0.25, 0.3) is 0 Å². The molecule has 0 atom stereocenters. The van der Waals surface area contributed by atoms with Crippen molar-refractivity contribution < 1.29 is 12.8 Å². The van der Waals surface area contributed by atoms with Gasteiger partial charge in [0, 0.05) is 11.9 Å². The Kier molecular flexibility index (Phi) is 3.92. The summed E-state index contributed by atoms with van der Waals surface area (Å²) in [5.74, 6) is -0.635. The molecule has 0 unspecified atom stereocenters. The van der Waals surface area contributed by atoms with E-state index in [1.165, 1.54) is 13.1 Å². The van der Waals surface area contributed by atoms with Gasteiger partial charge in [-0.15, -0.1) is 0 Å². The summed E-state index contributed by atoms with van der Waals surface area (Å²) in [7, 11) is -3.97. The fourth-order valence-corrected chi connectivity index (χ4v) is 3.06. The van der Waals surface area contributed by atoms with Crippen molar-refractivity contribution in [2.75, 3.05) is 4.72 Å². The SMILES string of the molecule is Cc1ccnc(NS(=O)(=O)c2cc(C)c(F)cc2Cl)n1. The molecule has 8 heteroatoms. The van der Waals surface area contributed by atoms with Crippen molar-refractivity contribution in [2.24, 2.45) is 0 Å². The van der Waals surface area contributed by atoms with Crippen molar-refractivity contribution in [3.63, 3.8) is 0 Å². The van der Waals surface area contributed by atoms with Gasteiger partial charge in [-0.2, -0.15) is 0 Å².